The van der Waals surface area contributed by atoms with Crippen molar-refractivity contribution in [3.05, 3.63) is 24.0 Å². The quantitative estimate of drug-likeness (QED) is 0.289. The highest BCUT2D eigenvalue weighted by Gasteiger charge is 2.39. The summed E-state index contributed by atoms with van der Waals surface area (Å²) in [5, 5.41) is 18.4. The van der Waals surface area contributed by atoms with Gasteiger partial charge in [0.05, 0.1) is 30.2 Å². The van der Waals surface area contributed by atoms with Gasteiger partial charge in [0.15, 0.2) is 0 Å². The summed E-state index contributed by atoms with van der Waals surface area (Å²) < 4.78 is 6.62. The summed E-state index contributed by atoms with van der Waals surface area (Å²) in [5.41, 5.74) is 1.19. The van der Waals surface area contributed by atoms with Crippen molar-refractivity contribution < 1.29 is 24.4 Å². The molecule has 1 saturated heterocycles. The predicted molar refractivity (Wildman–Crippen MR) is 90.4 cm³/mol. The number of hydrogen-bond acceptors (Lipinski definition) is 7. The van der Waals surface area contributed by atoms with Gasteiger partial charge in [-0.2, -0.15) is 10.2 Å². The average Bonchev–Trinajstić information content (AvgIpc) is 3.12. The molecule has 10 nitrogen and oxygen atoms in total. The van der Waals surface area contributed by atoms with Gasteiger partial charge in [0.25, 0.3) is 0 Å². The fourth-order valence-corrected chi connectivity index (χ4v) is 2.64. The van der Waals surface area contributed by atoms with E-state index in [0.29, 0.717) is 24.4 Å². The molecule has 0 aliphatic carbocycles. The second-order valence-electron chi connectivity index (χ2n) is 7.14. The Morgan fingerprint density at radius 3 is 2.81 bits per heavy atom. The zero-order chi connectivity index (χ0) is 19.1. The van der Waals surface area contributed by atoms with E-state index in [0.717, 1.165) is 10.8 Å². The lowest BCUT2D eigenvalue weighted by molar-refractivity contribution is -0.0450. The summed E-state index contributed by atoms with van der Waals surface area (Å²) in [6.07, 6.45) is 4.19. The number of rotatable bonds is 3. The van der Waals surface area contributed by atoms with E-state index in [1.54, 1.807) is 50.8 Å². The normalized spacial score (nSPS) is 20.3. The van der Waals surface area contributed by atoms with E-state index < -0.39 is 17.8 Å². The molecule has 0 saturated carbocycles. The molecular weight excluding hydrogens is 342 g/mol. The van der Waals surface area contributed by atoms with Gasteiger partial charge in [-0.05, 0) is 33.8 Å². The van der Waals surface area contributed by atoms with Crippen molar-refractivity contribution in [3.8, 4) is 0 Å². The Morgan fingerprint density at radius 2 is 2.15 bits per heavy atom. The molecule has 2 aliphatic heterocycles. The van der Waals surface area contributed by atoms with E-state index in [9.17, 15) is 14.8 Å². The van der Waals surface area contributed by atoms with Gasteiger partial charge in [-0.25, -0.2) is 14.3 Å². The molecule has 1 atom stereocenters. The van der Waals surface area contributed by atoms with Crippen molar-refractivity contribution in [1.29, 1.82) is 0 Å². The van der Waals surface area contributed by atoms with E-state index in [2.05, 4.69) is 10.3 Å². The van der Waals surface area contributed by atoms with Gasteiger partial charge in [0, 0.05) is 18.3 Å². The summed E-state index contributed by atoms with van der Waals surface area (Å²) >= 11 is 0. The van der Waals surface area contributed by atoms with Crippen molar-refractivity contribution in [2.45, 2.75) is 39.3 Å². The van der Waals surface area contributed by atoms with Gasteiger partial charge in [0.2, 0.25) is 0 Å². The molecule has 3 heterocycles. The van der Waals surface area contributed by atoms with Gasteiger partial charge >= 0.3 is 12.2 Å². The maximum absolute atomic E-state index is 11.8. The van der Waals surface area contributed by atoms with Gasteiger partial charge in [0.1, 0.15) is 5.60 Å². The minimum Gasteiger partial charge on any atom is -0.427 e. The van der Waals surface area contributed by atoms with Crippen LogP contribution in [0.4, 0.5) is 9.59 Å². The van der Waals surface area contributed by atoms with Crippen LogP contribution in [0.3, 0.4) is 0 Å². The van der Waals surface area contributed by atoms with E-state index in [-0.39, 0.29) is 6.04 Å². The molecule has 1 unspecified atom stereocenters. The topological polar surface area (TPSA) is 109 Å². The third-order valence-corrected chi connectivity index (χ3v) is 3.87. The summed E-state index contributed by atoms with van der Waals surface area (Å²) in [7, 11) is 0. The first kappa shape index (κ1) is 17.9. The molecule has 0 radical (unpaired) electrons. The van der Waals surface area contributed by atoms with Crippen LogP contribution in [-0.4, -0.2) is 67.6 Å². The number of fused-ring (bicyclic) bond motifs is 2. The predicted octanol–water partition coefficient (Wildman–Crippen LogP) is 1.91. The van der Waals surface area contributed by atoms with Crippen molar-refractivity contribution in [1.82, 2.24) is 19.7 Å². The van der Waals surface area contributed by atoms with Crippen LogP contribution >= 0.6 is 0 Å². The first-order valence-electron chi connectivity index (χ1n) is 8.12. The lowest BCUT2D eigenvalue weighted by Crippen LogP contribution is -2.31. The number of ether oxygens (including phenoxy) is 1. The Balaban J connectivity index is 1.68. The molecule has 1 aromatic heterocycles. The van der Waals surface area contributed by atoms with Crippen molar-refractivity contribution in [3.63, 3.8) is 0 Å². The minimum absolute atomic E-state index is 0.345. The fraction of sp³-hybridized carbons (Fsp3) is 0.500. The molecule has 140 valence electrons. The molecule has 1 aromatic rings. The summed E-state index contributed by atoms with van der Waals surface area (Å²) in [5.74, 6) is 0. The fourth-order valence-electron chi connectivity index (χ4n) is 2.64. The van der Waals surface area contributed by atoms with E-state index >= 15 is 0 Å². The third-order valence-electron chi connectivity index (χ3n) is 3.87. The molecular formula is C16H21N5O5. The number of hydroxylamine groups is 2. The summed E-state index contributed by atoms with van der Waals surface area (Å²) in [4.78, 5) is 29.6. The lowest BCUT2D eigenvalue weighted by Gasteiger charge is -2.20. The molecule has 2 amide bonds. The average molecular weight is 363 g/mol. The maximum Gasteiger partial charge on any atom is 0.535 e. The maximum atomic E-state index is 11.8. The van der Waals surface area contributed by atoms with Crippen LogP contribution in [0.1, 0.15) is 33.3 Å². The minimum atomic E-state index is -0.884. The van der Waals surface area contributed by atoms with Gasteiger partial charge < -0.3 is 9.64 Å². The first-order chi connectivity index (χ1) is 12.1. The Hall–Kier alpha value is -2.88. The third kappa shape index (κ3) is 3.69. The van der Waals surface area contributed by atoms with E-state index in [4.69, 9.17) is 9.57 Å². The smallest absolute Gasteiger partial charge is 0.427 e. The van der Waals surface area contributed by atoms with Gasteiger partial charge in [-0.3, -0.25) is 10.0 Å². The van der Waals surface area contributed by atoms with Crippen LogP contribution < -0.4 is 0 Å². The SMILES string of the molecule is C/C(=N\OC(=O)OC(C)(C)C)c1cnn(C2=CC3CN(C2)C(=O)N3O)c1. The number of urea groups is 1. The Kier molecular flexibility index (Phi) is 4.45. The zero-order valence-electron chi connectivity index (χ0n) is 15.0. The molecule has 3 rings (SSSR count). The highest BCUT2D eigenvalue weighted by atomic mass is 16.8. The molecule has 10 heteroatoms. The monoisotopic (exact) mass is 363 g/mol. The van der Waals surface area contributed by atoms with Gasteiger partial charge in [-0.1, -0.05) is 5.16 Å². The van der Waals surface area contributed by atoms with Crippen LogP contribution in [0, 0.1) is 0 Å². The van der Waals surface area contributed by atoms with Crippen LogP contribution in [0.5, 0.6) is 0 Å². The Labute approximate surface area is 150 Å². The molecule has 2 aliphatic rings. The second-order valence-corrected chi connectivity index (χ2v) is 7.14. The number of hydrogen-bond donors (Lipinski definition) is 1. The van der Waals surface area contributed by atoms with Crippen LogP contribution in [-0.2, 0) is 9.57 Å². The molecule has 1 N–H and O–H groups in total. The van der Waals surface area contributed by atoms with Crippen molar-refractivity contribution in [2.75, 3.05) is 13.1 Å². The molecule has 0 aromatic carbocycles. The number of amides is 2. The van der Waals surface area contributed by atoms with Crippen LogP contribution in [0.2, 0.25) is 0 Å². The standard InChI is InChI=1S/C16H21N5O5/c1-10(18-26-15(23)25-16(2,3)4)11-6-17-20(7-11)12-5-13-9-19(8-12)14(22)21(13)24/h5-7,13,24H,8-9H2,1-4H3/b18-10+. The van der Waals surface area contributed by atoms with Gasteiger partial charge in [-0.15, -0.1) is 0 Å². The second kappa shape index (κ2) is 6.45. The van der Waals surface area contributed by atoms with E-state index in [1.165, 1.54) is 4.90 Å². The Bertz CT molecular complexity index is 791. The highest BCUT2D eigenvalue weighted by Crippen LogP contribution is 2.24. The molecule has 0 spiro atoms. The van der Waals surface area contributed by atoms with Crippen LogP contribution in [0.15, 0.2) is 23.6 Å². The number of carbonyl (C=O) groups excluding carboxylic acids is 2. The molecule has 1 fully saturated rings. The summed E-state index contributed by atoms with van der Waals surface area (Å²) in [6, 6.07) is -0.804. The summed E-state index contributed by atoms with van der Waals surface area (Å²) in [6.45, 7) is 7.67. The molecule has 2 bridgehead atoms. The molecule has 26 heavy (non-hydrogen) atoms. The van der Waals surface area contributed by atoms with E-state index in [1.807, 2.05) is 0 Å². The van der Waals surface area contributed by atoms with Crippen molar-refractivity contribution in [2.24, 2.45) is 5.16 Å². The largest absolute Gasteiger partial charge is 0.535 e. The van der Waals surface area contributed by atoms with Crippen LogP contribution in [0.25, 0.3) is 5.70 Å². The lowest BCUT2D eigenvalue weighted by atomic mass is 10.2. The highest BCUT2D eigenvalue weighted by molar-refractivity contribution is 5.98. The number of oxime groups is 1. The zero-order valence-corrected chi connectivity index (χ0v) is 15.0. The first-order valence-corrected chi connectivity index (χ1v) is 8.12. The number of aromatic nitrogens is 2. The van der Waals surface area contributed by atoms with Crippen molar-refractivity contribution >= 4 is 23.6 Å². The number of nitrogens with zero attached hydrogens (tertiary/aromatic N) is 5. The number of carbonyl (C=O) groups is 2. The Morgan fingerprint density at radius 1 is 1.42 bits per heavy atom.